The molecule has 0 aromatic carbocycles. The number of hydrogen-bond donors (Lipinski definition) is 1. The molecule has 1 atom stereocenters. The summed E-state index contributed by atoms with van der Waals surface area (Å²) < 4.78 is 1.66. The smallest absolute Gasteiger partial charge is 0.267 e. The lowest BCUT2D eigenvalue weighted by Crippen LogP contribution is -2.38. The van der Waals surface area contributed by atoms with Crippen LogP contribution in [-0.2, 0) is 19.4 Å². The van der Waals surface area contributed by atoms with Crippen LogP contribution in [0, 0.1) is 0 Å². The number of fused-ring (bicyclic) bond motifs is 2. The number of nitrogens with one attached hydrogen (secondary N) is 1. The Labute approximate surface area is 144 Å². The van der Waals surface area contributed by atoms with Gasteiger partial charge < -0.3 is 9.88 Å². The van der Waals surface area contributed by atoms with Crippen LogP contribution < -0.4 is 10.5 Å². The fourth-order valence-electron chi connectivity index (χ4n) is 4.16. The van der Waals surface area contributed by atoms with Crippen LogP contribution in [0.4, 0.5) is 5.82 Å². The molecule has 1 fully saturated rings. The van der Waals surface area contributed by atoms with Crippen LogP contribution in [0.3, 0.4) is 0 Å². The van der Waals surface area contributed by atoms with Crippen LogP contribution in [0.2, 0.25) is 0 Å². The number of anilines is 1. The Balaban J connectivity index is 1.48. The van der Waals surface area contributed by atoms with Gasteiger partial charge in [0.05, 0.1) is 23.7 Å². The fraction of sp³-hybridized carbons (Fsp3) is 0.444. The summed E-state index contributed by atoms with van der Waals surface area (Å²) in [7, 11) is 0. The van der Waals surface area contributed by atoms with Gasteiger partial charge in [0.2, 0.25) is 0 Å². The van der Waals surface area contributed by atoms with Gasteiger partial charge in [-0.25, -0.2) is 14.6 Å². The number of rotatable bonds is 3. The summed E-state index contributed by atoms with van der Waals surface area (Å²) in [5.74, 6) is 0.947. The Bertz CT molecular complexity index is 991. The van der Waals surface area contributed by atoms with Crippen LogP contribution in [0.1, 0.15) is 30.5 Å². The zero-order valence-electron chi connectivity index (χ0n) is 14.0. The van der Waals surface area contributed by atoms with Gasteiger partial charge in [-0.2, -0.15) is 5.10 Å². The molecule has 0 bridgehead atoms. The molecule has 4 heterocycles. The van der Waals surface area contributed by atoms with Crippen molar-refractivity contribution in [2.24, 2.45) is 0 Å². The summed E-state index contributed by atoms with van der Waals surface area (Å²) in [6, 6.07) is 4.03. The first-order valence-corrected chi connectivity index (χ1v) is 8.94. The molecule has 1 aliphatic heterocycles. The van der Waals surface area contributed by atoms with Crippen molar-refractivity contribution in [1.29, 1.82) is 0 Å². The molecule has 7 nitrogen and oxygen atoms in total. The van der Waals surface area contributed by atoms with Crippen molar-refractivity contribution in [3.8, 4) is 0 Å². The van der Waals surface area contributed by atoms with E-state index in [4.69, 9.17) is 0 Å². The largest absolute Gasteiger partial charge is 0.351 e. The quantitative estimate of drug-likeness (QED) is 0.787. The van der Waals surface area contributed by atoms with E-state index in [2.05, 4.69) is 25.0 Å². The molecular formula is C18H20N6O. The first-order valence-electron chi connectivity index (χ1n) is 8.94. The first kappa shape index (κ1) is 14.6. The van der Waals surface area contributed by atoms with E-state index in [-0.39, 0.29) is 11.6 Å². The van der Waals surface area contributed by atoms with Crippen molar-refractivity contribution in [2.75, 3.05) is 11.4 Å². The van der Waals surface area contributed by atoms with E-state index in [9.17, 15) is 4.79 Å². The molecule has 0 spiro atoms. The second-order valence-corrected chi connectivity index (χ2v) is 6.92. The Morgan fingerprint density at radius 3 is 3.16 bits per heavy atom. The molecule has 3 aromatic rings. The zero-order valence-corrected chi connectivity index (χ0v) is 14.0. The number of hydrogen-bond acceptors (Lipinski definition) is 5. The number of H-pyrrole nitrogens is 1. The Morgan fingerprint density at radius 2 is 2.20 bits per heavy atom. The number of nitrogens with zero attached hydrogens (tertiary/aromatic N) is 5. The zero-order chi connectivity index (χ0) is 16.8. The summed E-state index contributed by atoms with van der Waals surface area (Å²) in [5.41, 5.74) is 3.10. The van der Waals surface area contributed by atoms with Crippen LogP contribution in [-0.4, -0.2) is 37.3 Å². The lowest BCUT2D eigenvalue weighted by Gasteiger charge is -2.26. The highest BCUT2D eigenvalue weighted by molar-refractivity contribution is 5.87. The van der Waals surface area contributed by atoms with Crippen LogP contribution in [0.5, 0.6) is 0 Å². The predicted octanol–water partition coefficient (Wildman–Crippen LogP) is 1.67. The maximum Gasteiger partial charge on any atom is 0.267 e. The highest BCUT2D eigenvalue weighted by Gasteiger charge is 2.28. The number of aryl methyl sites for hydroxylation is 2. The highest BCUT2D eigenvalue weighted by atomic mass is 16.1. The molecule has 1 saturated heterocycles. The lowest BCUT2D eigenvalue weighted by molar-refractivity contribution is 0.482. The number of aromatic nitrogens is 5. The first-order chi connectivity index (χ1) is 12.3. The van der Waals surface area contributed by atoms with Crippen molar-refractivity contribution in [3.05, 3.63) is 46.3 Å². The van der Waals surface area contributed by atoms with E-state index >= 15 is 0 Å². The molecule has 1 N–H and O–H groups in total. The minimum Gasteiger partial charge on any atom is -0.351 e. The van der Waals surface area contributed by atoms with Crippen LogP contribution in [0.15, 0.2) is 29.5 Å². The normalized spacial score (nSPS) is 19.7. The number of aromatic amines is 1. The SMILES string of the molecule is O=c1cc2c(nn1CC1CCCN1c1ncnc3[nH]ccc13)CCC2. The molecule has 7 heteroatoms. The minimum atomic E-state index is 0.0157. The molecule has 0 radical (unpaired) electrons. The van der Waals surface area contributed by atoms with E-state index < -0.39 is 0 Å². The molecule has 1 unspecified atom stereocenters. The molecule has 0 saturated carbocycles. The van der Waals surface area contributed by atoms with Crippen molar-refractivity contribution < 1.29 is 0 Å². The second kappa shape index (κ2) is 5.68. The molecule has 1 aliphatic carbocycles. The maximum atomic E-state index is 12.4. The molecule has 2 aliphatic rings. The van der Waals surface area contributed by atoms with Gasteiger partial charge in [-0.15, -0.1) is 0 Å². The Hall–Kier alpha value is -2.70. The summed E-state index contributed by atoms with van der Waals surface area (Å²) in [5, 5.41) is 5.67. The molecule has 25 heavy (non-hydrogen) atoms. The average Bonchev–Trinajstić information content (AvgIpc) is 3.34. The average molecular weight is 336 g/mol. The molecule has 3 aromatic heterocycles. The minimum absolute atomic E-state index is 0.0157. The third kappa shape index (κ3) is 2.42. The topological polar surface area (TPSA) is 79.7 Å². The van der Waals surface area contributed by atoms with Gasteiger partial charge in [-0.1, -0.05) is 0 Å². The summed E-state index contributed by atoms with van der Waals surface area (Å²) in [6.07, 6.45) is 8.71. The van der Waals surface area contributed by atoms with Crippen molar-refractivity contribution in [2.45, 2.75) is 44.7 Å². The molecule has 5 rings (SSSR count). The van der Waals surface area contributed by atoms with Gasteiger partial charge in [0.15, 0.2) is 0 Å². The van der Waals surface area contributed by atoms with Crippen LogP contribution >= 0.6 is 0 Å². The van der Waals surface area contributed by atoms with Crippen molar-refractivity contribution in [1.82, 2.24) is 24.7 Å². The summed E-state index contributed by atoms with van der Waals surface area (Å²) in [4.78, 5) is 26.7. The highest BCUT2D eigenvalue weighted by Crippen LogP contribution is 2.29. The van der Waals surface area contributed by atoms with E-state index in [1.165, 1.54) is 0 Å². The van der Waals surface area contributed by atoms with E-state index in [1.54, 1.807) is 17.1 Å². The summed E-state index contributed by atoms with van der Waals surface area (Å²) in [6.45, 7) is 1.56. The Morgan fingerprint density at radius 1 is 1.24 bits per heavy atom. The summed E-state index contributed by atoms with van der Waals surface area (Å²) >= 11 is 0. The van der Waals surface area contributed by atoms with Gasteiger partial charge in [-0.3, -0.25) is 4.79 Å². The van der Waals surface area contributed by atoms with Crippen molar-refractivity contribution in [3.63, 3.8) is 0 Å². The third-order valence-electron chi connectivity index (χ3n) is 5.39. The third-order valence-corrected chi connectivity index (χ3v) is 5.39. The fourth-order valence-corrected chi connectivity index (χ4v) is 4.16. The predicted molar refractivity (Wildman–Crippen MR) is 94.8 cm³/mol. The van der Waals surface area contributed by atoms with Gasteiger partial charge in [0, 0.05) is 18.8 Å². The van der Waals surface area contributed by atoms with Crippen molar-refractivity contribution >= 4 is 16.9 Å². The molecule has 0 amide bonds. The standard InChI is InChI=1S/C18H20N6O/c25-16-9-12-3-1-5-15(12)22-24(16)10-13-4-2-8-23(13)18-14-6-7-19-17(14)20-11-21-18/h6-7,9,11,13H,1-5,8,10H2,(H,19,20,21). The van der Waals surface area contributed by atoms with Gasteiger partial charge in [-0.05, 0) is 43.7 Å². The van der Waals surface area contributed by atoms with E-state index in [1.807, 2.05) is 12.3 Å². The maximum absolute atomic E-state index is 12.4. The van der Waals surface area contributed by atoms with E-state index in [0.29, 0.717) is 6.54 Å². The second-order valence-electron chi connectivity index (χ2n) is 6.92. The lowest BCUT2D eigenvalue weighted by atomic mass is 10.2. The van der Waals surface area contributed by atoms with E-state index in [0.717, 1.165) is 66.8 Å². The monoisotopic (exact) mass is 336 g/mol. The van der Waals surface area contributed by atoms with Gasteiger partial charge >= 0.3 is 0 Å². The molecule has 128 valence electrons. The van der Waals surface area contributed by atoms with Gasteiger partial charge in [0.25, 0.3) is 5.56 Å². The molecular weight excluding hydrogens is 316 g/mol. The Kier molecular flexibility index (Phi) is 3.33. The van der Waals surface area contributed by atoms with Crippen LogP contribution in [0.25, 0.3) is 11.0 Å². The van der Waals surface area contributed by atoms with Gasteiger partial charge in [0.1, 0.15) is 17.8 Å².